The number of aryl methyl sites for hydroxylation is 1. The van der Waals surface area contributed by atoms with Crippen LogP contribution in [0.1, 0.15) is 30.5 Å². The summed E-state index contributed by atoms with van der Waals surface area (Å²) in [6.07, 6.45) is 0.245. The van der Waals surface area contributed by atoms with Gasteiger partial charge >= 0.3 is 0 Å². The molecule has 1 atom stereocenters. The topological polar surface area (TPSA) is 86.8 Å². The highest BCUT2D eigenvalue weighted by atomic mass is 79.9. The van der Waals surface area contributed by atoms with Crippen LogP contribution < -0.4 is 9.62 Å². The van der Waals surface area contributed by atoms with E-state index in [-0.39, 0.29) is 35.4 Å². The second-order valence-corrected chi connectivity index (χ2v) is 14.5. The Balaban J connectivity index is 1.79. The van der Waals surface area contributed by atoms with Crippen LogP contribution in [0.5, 0.6) is 0 Å². The number of sulfonamides is 1. The quantitative estimate of drug-likeness (QED) is 0.162. The molecule has 0 aliphatic carbocycles. The second-order valence-electron chi connectivity index (χ2n) is 11.3. The minimum absolute atomic E-state index is 0.0378. The average Bonchev–Trinajstić information content (AvgIpc) is 3.01. The van der Waals surface area contributed by atoms with Crippen molar-refractivity contribution in [3.8, 4) is 0 Å². The highest BCUT2D eigenvalue weighted by Gasteiger charge is 2.34. The molecular formula is C35H37BrClN3O4S. The Morgan fingerprint density at radius 3 is 2.16 bits per heavy atom. The molecule has 4 aromatic carbocycles. The van der Waals surface area contributed by atoms with Gasteiger partial charge in [-0.25, -0.2) is 8.42 Å². The standard InChI is InChI=1S/C35H37BrClN3O4S/c1-25(2)22-38-35(42)33(20-27-8-5-4-6-9-27)39(23-28-14-16-29(36)17-15-28)34(41)24-40(31-11-7-10-30(37)21-31)45(43,44)32-18-12-26(3)13-19-32/h4-19,21,25,33H,20,22-24H2,1-3H3,(H,38,42)/t33-/m1/s1. The van der Waals surface area contributed by atoms with E-state index in [1.807, 2.05) is 75.4 Å². The lowest BCUT2D eigenvalue weighted by Crippen LogP contribution is -2.53. The number of anilines is 1. The molecule has 10 heteroatoms. The van der Waals surface area contributed by atoms with Crippen LogP contribution in [0.25, 0.3) is 0 Å². The lowest BCUT2D eigenvalue weighted by Gasteiger charge is -2.34. The third-order valence-corrected chi connectivity index (χ3v) is 9.76. The maximum Gasteiger partial charge on any atom is 0.264 e. The van der Waals surface area contributed by atoms with E-state index >= 15 is 0 Å². The van der Waals surface area contributed by atoms with Crippen molar-refractivity contribution < 1.29 is 18.0 Å². The number of amides is 2. The Bertz CT molecular complexity index is 1700. The van der Waals surface area contributed by atoms with Crippen molar-refractivity contribution in [2.75, 3.05) is 17.4 Å². The van der Waals surface area contributed by atoms with Crippen LogP contribution >= 0.6 is 27.5 Å². The first-order valence-electron chi connectivity index (χ1n) is 14.6. The summed E-state index contributed by atoms with van der Waals surface area (Å²) in [6, 6.07) is 28.9. The van der Waals surface area contributed by atoms with Gasteiger partial charge in [-0.2, -0.15) is 0 Å². The molecule has 4 aromatic rings. The van der Waals surface area contributed by atoms with Crippen LogP contribution in [-0.4, -0.2) is 44.3 Å². The van der Waals surface area contributed by atoms with E-state index in [4.69, 9.17) is 11.6 Å². The Hall–Kier alpha value is -3.66. The summed E-state index contributed by atoms with van der Waals surface area (Å²) in [6.45, 7) is 5.83. The fraction of sp³-hybridized carbons (Fsp3) is 0.257. The first-order valence-corrected chi connectivity index (χ1v) is 17.3. The number of hydrogen-bond donors (Lipinski definition) is 1. The molecule has 236 valence electrons. The molecular weight excluding hydrogens is 674 g/mol. The third kappa shape index (κ3) is 9.42. The van der Waals surface area contributed by atoms with Gasteiger partial charge in [-0.15, -0.1) is 0 Å². The number of benzene rings is 4. The number of carbonyl (C=O) groups is 2. The van der Waals surface area contributed by atoms with Gasteiger partial charge in [0, 0.05) is 29.0 Å². The zero-order chi connectivity index (χ0) is 32.6. The van der Waals surface area contributed by atoms with E-state index in [9.17, 15) is 18.0 Å². The molecule has 0 saturated carbocycles. The molecule has 0 unspecified atom stereocenters. The number of nitrogens with one attached hydrogen (secondary N) is 1. The molecule has 1 N–H and O–H groups in total. The number of halogens is 2. The largest absolute Gasteiger partial charge is 0.354 e. The maximum absolute atomic E-state index is 14.5. The minimum atomic E-state index is -4.20. The van der Waals surface area contributed by atoms with E-state index in [1.54, 1.807) is 30.3 Å². The van der Waals surface area contributed by atoms with Gasteiger partial charge < -0.3 is 10.2 Å². The minimum Gasteiger partial charge on any atom is -0.354 e. The number of hydrogen-bond acceptors (Lipinski definition) is 4. The van der Waals surface area contributed by atoms with Crippen molar-refractivity contribution in [2.24, 2.45) is 5.92 Å². The van der Waals surface area contributed by atoms with Crippen molar-refractivity contribution in [2.45, 2.75) is 44.7 Å². The lowest BCUT2D eigenvalue weighted by molar-refractivity contribution is -0.140. The summed E-state index contributed by atoms with van der Waals surface area (Å²) in [4.78, 5) is 29.8. The molecule has 0 aliphatic rings. The molecule has 0 bridgehead atoms. The maximum atomic E-state index is 14.5. The van der Waals surface area contributed by atoms with Gasteiger partial charge in [0.1, 0.15) is 12.6 Å². The van der Waals surface area contributed by atoms with Gasteiger partial charge in [0.15, 0.2) is 0 Å². The van der Waals surface area contributed by atoms with E-state index < -0.39 is 28.5 Å². The highest BCUT2D eigenvalue weighted by Crippen LogP contribution is 2.27. The summed E-state index contributed by atoms with van der Waals surface area (Å²) in [5, 5.41) is 3.32. The number of carbonyl (C=O) groups excluding carboxylic acids is 2. The summed E-state index contributed by atoms with van der Waals surface area (Å²) in [5.74, 6) is -0.650. The smallest absolute Gasteiger partial charge is 0.264 e. The zero-order valence-electron chi connectivity index (χ0n) is 25.5. The summed E-state index contributed by atoms with van der Waals surface area (Å²) in [5.41, 5.74) is 2.80. The molecule has 0 aromatic heterocycles. The van der Waals surface area contributed by atoms with E-state index in [0.29, 0.717) is 11.6 Å². The van der Waals surface area contributed by atoms with Gasteiger partial charge in [0.2, 0.25) is 11.8 Å². The van der Waals surface area contributed by atoms with Crippen molar-refractivity contribution in [1.29, 1.82) is 0 Å². The van der Waals surface area contributed by atoms with Crippen LogP contribution in [0.4, 0.5) is 5.69 Å². The summed E-state index contributed by atoms with van der Waals surface area (Å²) < 4.78 is 30.2. The highest BCUT2D eigenvalue weighted by molar-refractivity contribution is 9.10. The Kier molecular flexibility index (Phi) is 11.8. The number of nitrogens with zero attached hydrogens (tertiary/aromatic N) is 2. The molecule has 0 spiro atoms. The van der Waals surface area contributed by atoms with Gasteiger partial charge in [-0.1, -0.05) is 108 Å². The first-order chi connectivity index (χ1) is 21.4. The normalized spacial score (nSPS) is 12.0. The number of rotatable bonds is 13. The molecule has 2 amide bonds. The van der Waals surface area contributed by atoms with Crippen LogP contribution in [-0.2, 0) is 32.6 Å². The van der Waals surface area contributed by atoms with Crippen LogP contribution in [0.3, 0.4) is 0 Å². The molecule has 0 saturated heterocycles. The van der Waals surface area contributed by atoms with Crippen LogP contribution in [0.2, 0.25) is 5.02 Å². The Morgan fingerprint density at radius 2 is 1.53 bits per heavy atom. The first kappa shape index (κ1) is 34.2. The molecule has 0 heterocycles. The summed E-state index contributed by atoms with van der Waals surface area (Å²) >= 11 is 9.75. The molecule has 4 rings (SSSR count). The van der Waals surface area contributed by atoms with Crippen molar-refractivity contribution in [1.82, 2.24) is 10.2 Å². The molecule has 0 radical (unpaired) electrons. The van der Waals surface area contributed by atoms with Crippen molar-refractivity contribution >= 4 is 55.1 Å². The average molecular weight is 711 g/mol. The second kappa shape index (κ2) is 15.6. The SMILES string of the molecule is Cc1ccc(S(=O)(=O)N(CC(=O)N(Cc2ccc(Br)cc2)[C@H](Cc2ccccc2)C(=O)NCC(C)C)c2cccc(Cl)c2)cc1. The van der Waals surface area contributed by atoms with Crippen LogP contribution in [0, 0.1) is 12.8 Å². The molecule has 0 aliphatic heterocycles. The lowest BCUT2D eigenvalue weighted by atomic mass is 10.0. The Morgan fingerprint density at radius 1 is 0.867 bits per heavy atom. The molecule has 7 nitrogen and oxygen atoms in total. The predicted molar refractivity (Wildman–Crippen MR) is 184 cm³/mol. The fourth-order valence-electron chi connectivity index (χ4n) is 4.76. The third-order valence-electron chi connectivity index (χ3n) is 7.21. The van der Waals surface area contributed by atoms with E-state index in [2.05, 4.69) is 21.2 Å². The fourth-order valence-corrected chi connectivity index (χ4v) is 6.62. The van der Waals surface area contributed by atoms with Crippen molar-refractivity contribution in [3.63, 3.8) is 0 Å². The monoisotopic (exact) mass is 709 g/mol. The van der Waals surface area contributed by atoms with E-state index in [0.717, 1.165) is 25.5 Å². The molecule has 0 fully saturated rings. The van der Waals surface area contributed by atoms with Gasteiger partial charge in [0.05, 0.1) is 10.6 Å². The Labute approximate surface area is 279 Å². The molecule has 45 heavy (non-hydrogen) atoms. The zero-order valence-corrected chi connectivity index (χ0v) is 28.6. The van der Waals surface area contributed by atoms with Gasteiger partial charge in [-0.3, -0.25) is 13.9 Å². The van der Waals surface area contributed by atoms with Crippen molar-refractivity contribution in [3.05, 3.63) is 129 Å². The van der Waals surface area contributed by atoms with Crippen LogP contribution in [0.15, 0.2) is 112 Å². The summed E-state index contributed by atoms with van der Waals surface area (Å²) in [7, 11) is -4.20. The van der Waals surface area contributed by atoms with Gasteiger partial charge in [-0.05, 0) is 66.4 Å². The van der Waals surface area contributed by atoms with E-state index in [1.165, 1.54) is 23.1 Å². The predicted octanol–water partition coefficient (Wildman–Crippen LogP) is 7.02. The van der Waals surface area contributed by atoms with Gasteiger partial charge in [0.25, 0.3) is 10.0 Å².